The zero-order chi connectivity index (χ0) is 19.7. The van der Waals surface area contributed by atoms with Gasteiger partial charge < -0.3 is 5.32 Å². The largest absolute Gasteiger partial charge is 0.305 e. The number of carbonyl (C=O) groups excluding carboxylic acids is 1. The first-order chi connectivity index (χ1) is 13.5. The van der Waals surface area contributed by atoms with E-state index in [1.807, 2.05) is 12.1 Å². The maximum absolute atomic E-state index is 12.6. The molecule has 0 saturated carbocycles. The second-order valence-electron chi connectivity index (χ2n) is 5.68. The van der Waals surface area contributed by atoms with Gasteiger partial charge in [-0.25, -0.2) is 15.0 Å². The zero-order valence-corrected chi connectivity index (χ0v) is 16.4. The Hall–Kier alpha value is -3.24. The van der Waals surface area contributed by atoms with Gasteiger partial charge >= 0.3 is 0 Å². The van der Waals surface area contributed by atoms with Gasteiger partial charge in [0.2, 0.25) is 0 Å². The van der Waals surface area contributed by atoms with Gasteiger partial charge in [0.1, 0.15) is 11.5 Å². The summed E-state index contributed by atoms with van der Waals surface area (Å²) in [6.45, 7) is 0. The highest BCUT2D eigenvalue weighted by atomic mass is 79.9. The number of nitrogens with one attached hydrogen (secondary N) is 1. The van der Waals surface area contributed by atoms with Gasteiger partial charge in [-0.2, -0.15) is 0 Å². The maximum Gasteiger partial charge on any atom is 0.276 e. The third-order valence-corrected chi connectivity index (χ3v) is 5.28. The molecule has 0 unspecified atom stereocenters. The molecule has 0 saturated heterocycles. The van der Waals surface area contributed by atoms with E-state index in [2.05, 4.69) is 36.2 Å². The lowest BCUT2D eigenvalue weighted by Gasteiger charge is -2.11. The standard InChI is InChI=1S/C18H10BrN5O3S/c19-18-21-14(9-28-18)17(25)23-16-13(8-11-2-1-7-20-15(11)22-16)10-3-5-12(6-4-10)24(26)27/h1-9H,(H,20,22,23,25). The molecule has 0 atom stereocenters. The summed E-state index contributed by atoms with van der Waals surface area (Å²) < 4.78 is 0.598. The number of rotatable bonds is 4. The lowest BCUT2D eigenvalue weighted by molar-refractivity contribution is -0.384. The van der Waals surface area contributed by atoms with Gasteiger partial charge in [0.15, 0.2) is 9.56 Å². The fourth-order valence-corrected chi connectivity index (χ4v) is 3.60. The van der Waals surface area contributed by atoms with Crippen molar-refractivity contribution in [3.05, 3.63) is 73.8 Å². The van der Waals surface area contributed by atoms with E-state index in [1.54, 1.807) is 29.8 Å². The molecule has 0 bridgehead atoms. The first-order valence-corrected chi connectivity index (χ1v) is 9.61. The maximum atomic E-state index is 12.6. The van der Waals surface area contributed by atoms with Gasteiger partial charge in [-0.15, -0.1) is 11.3 Å². The molecule has 1 N–H and O–H groups in total. The number of hydrogen-bond acceptors (Lipinski definition) is 7. The summed E-state index contributed by atoms with van der Waals surface area (Å²) in [4.78, 5) is 35.8. The Morgan fingerprint density at radius 2 is 1.96 bits per heavy atom. The number of thiazole rings is 1. The van der Waals surface area contributed by atoms with Crippen LogP contribution >= 0.6 is 27.3 Å². The summed E-state index contributed by atoms with van der Waals surface area (Å²) in [6.07, 6.45) is 1.62. The molecular formula is C18H10BrN5O3S. The van der Waals surface area contributed by atoms with E-state index in [1.165, 1.54) is 23.5 Å². The highest BCUT2D eigenvalue weighted by molar-refractivity contribution is 9.11. The Bertz CT molecular complexity index is 1210. The highest BCUT2D eigenvalue weighted by Crippen LogP contribution is 2.31. The number of non-ortho nitro benzene ring substituents is 1. The average molecular weight is 456 g/mol. The van der Waals surface area contributed by atoms with Crippen molar-refractivity contribution < 1.29 is 9.72 Å². The van der Waals surface area contributed by atoms with E-state index in [4.69, 9.17) is 0 Å². The molecule has 8 nitrogen and oxygen atoms in total. The number of nitro benzene ring substituents is 1. The Morgan fingerprint density at radius 3 is 2.64 bits per heavy atom. The molecule has 0 aliphatic heterocycles. The van der Waals surface area contributed by atoms with Crippen molar-refractivity contribution in [1.82, 2.24) is 15.0 Å². The summed E-state index contributed by atoms with van der Waals surface area (Å²) in [7, 11) is 0. The van der Waals surface area contributed by atoms with E-state index >= 15 is 0 Å². The van der Waals surface area contributed by atoms with Crippen LogP contribution in [0.3, 0.4) is 0 Å². The van der Waals surface area contributed by atoms with Gasteiger partial charge in [-0.3, -0.25) is 14.9 Å². The van der Waals surface area contributed by atoms with Gasteiger partial charge in [0, 0.05) is 34.7 Å². The van der Waals surface area contributed by atoms with Crippen LogP contribution < -0.4 is 5.32 Å². The van der Waals surface area contributed by atoms with Gasteiger partial charge in [0.05, 0.1) is 4.92 Å². The molecule has 138 valence electrons. The van der Waals surface area contributed by atoms with Crippen molar-refractivity contribution in [3.8, 4) is 11.1 Å². The first kappa shape index (κ1) is 18.1. The minimum absolute atomic E-state index is 0.0166. The Morgan fingerprint density at radius 1 is 1.18 bits per heavy atom. The van der Waals surface area contributed by atoms with Crippen molar-refractivity contribution >= 4 is 55.7 Å². The fraction of sp³-hybridized carbons (Fsp3) is 0. The Labute approximate surface area is 170 Å². The van der Waals surface area contributed by atoms with E-state index in [0.29, 0.717) is 26.5 Å². The molecule has 4 rings (SSSR count). The highest BCUT2D eigenvalue weighted by Gasteiger charge is 2.16. The number of nitrogens with zero attached hydrogens (tertiary/aromatic N) is 4. The summed E-state index contributed by atoms with van der Waals surface area (Å²) in [5.74, 6) is -0.109. The van der Waals surface area contributed by atoms with Gasteiger partial charge in [-0.05, 0) is 51.8 Å². The summed E-state index contributed by atoms with van der Waals surface area (Å²) in [5, 5.41) is 16.1. The van der Waals surface area contributed by atoms with Crippen molar-refractivity contribution in [2.24, 2.45) is 0 Å². The predicted molar refractivity (Wildman–Crippen MR) is 109 cm³/mol. The fourth-order valence-electron chi connectivity index (χ4n) is 2.61. The third kappa shape index (κ3) is 3.59. The first-order valence-electron chi connectivity index (χ1n) is 7.94. The predicted octanol–water partition coefficient (Wildman–Crippen LogP) is 4.68. The molecule has 0 aliphatic carbocycles. The number of fused-ring (bicyclic) bond motifs is 1. The molecule has 4 aromatic rings. The smallest absolute Gasteiger partial charge is 0.276 e. The molecule has 28 heavy (non-hydrogen) atoms. The quantitative estimate of drug-likeness (QED) is 0.353. The lowest BCUT2D eigenvalue weighted by Crippen LogP contribution is -2.14. The number of halogens is 1. The van der Waals surface area contributed by atoms with Crippen LogP contribution in [0.15, 0.2) is 58.0 Å². The number of pyridine rings is 2. The number of hydrogen-bond donors (Lipinski definition) is 1. The molecular weight excluding hydrogens is 446 g/mol. The topological polar surface area (TPSA) is 111 Å². The zero-order valence-electron chi connectivity index (χ0n) is 14.0. The van der Waals surface area contributed by atoms with Crippen molar-refractivity contribution in [3.63, 3.8) is 0 Å². The minimum atomic E-state index is -0.463. The van der Waals surface area contributed by atoms with Crippen LogP contribution in [0.25, 0.3) is 22.2 Å². The SMILES string of the molecule is O=C(Nc1nc2ncccc2cc1-c1ccc([N+](=O)[O-])cc1)c1csc(Br)n1. The van der Waals surface area contributed by atoms with Gasteiger partial charge in [0.25, 0.3) is 11.6 Å². The molecule has 1 amide bonds. The van der Waals surface area contributed by atoms with Crippen molar-refractivity contribution in [2.75, 3.05) is 5.32 Å². The lowest BCUT2D eigenvalue weighted by atomic mass is 10.0. The Balaban J connectivity index is 1.80. The van der Waals surface area contributed by atoms with E-state index < -0.39 is 10.8 Å². The number of aromatic nitrogens is 3. The summed E-state index contributed by atoms with van der Waals surface area (Å²) in [6, 6.07) is 11.5. The number of carbonyl (C=O) groups is 1. The van der Waals surface area contributed by atoms with Crippen LogP contribution in [0.5, 0.6) is 0 Å². The second-order valence-corrected chi connectivity index (χ2v) is 7.81. The van der Waals surface area contributed by atoms with Crippen LogP contribution in [0, 0.1) is 10.1 Å². The monoisotopic (exact) mass is 455 g/mol. The molecule has 0 fully saturated rings. The normalized spacial score (nSPS) is 10.8. The van der Waals surface area contributed by atoms with Crippen molar-refractivity contribution in [2.45, 2.75) is 0 Å². The molecule has 10 heteroatoms. The molecule has 1 aromatic carbocycles. The number of benzene rings is 1. The van der Waals surface area contributed by atoms with Crippen LogP contribution in [-0.2, 0) is 0 Å². The van der Waals surface area contributed by atoms with Crippen LogP contribution in [-0.4, -0.2) is 25.8 Å². The van der Waals surface area contributed by atoms with E-state index in [9.17, 15) is 14.9 Å². The van der Waals surface area contributed by atoms with Crippen LogP contribution in [0.2, 0.25) is 0 Å². The molecule has 3 aromatic heterocycles. The number of anilines is 1. The number of nitro groups is 1. The van der Waals surface area contributed by atoms with E-state index in [0.717, 1.165) is 5.39 Å². The van der Waals surface area contributed by atoms with Gasteiger partial charge in [-0.1, -0.05) is 0 Å². The third-order valence-electron chi connectivity index (χ3n) is 3.92. The molecule has 0 spiro atoms. The van der Waals surface area contributed by atoms with Crippen LogP contribution in [0.1, 0.15) is 10.5 Å². The molecule has 0 radical (unpaired) electrons. The van der Waals surface area contributed by atoms with Crippen LogP contribution in [0.4, 0.5) is 11.5 Å². The second kappa shape index (κ2) is 7.41. The summed E-state index contributed by atoms with van der Waals surface area (Å²) >= 11 is 4.53. The van der Waals surface area contributed by atoms with E-state index in [-0.39, 0.29) is 11.4 Å². The molecule has 0 aliphatic rings. The molecule has 3 heterocycles. The summed E-state index contributed by atoms with van der Waals surface area (Å²) in [5.41, 5.74) is 2.02. The van der Waals surface area contributed by atoms with Crippen molar-refractivity contribution in [1.29, 1.82) is 0 Å². The minimum Gasteiger partial charge on any atom is -0.305 e. The number of amides is 1. The average Bonchev–Trinajstić information content (AvgIpc) is 3.14. The Kier molecular flexibility index (Phi) is 4.80.